The van der Waals surface area contributed by atoms with Crippen LogP contribution in [0.15, 0.2) is 16.9 Å². The van der Waals surface area contributed by atoms with Crippen molar-refractivity contribution in [2.75, 3.05) is 0 Å². The Hall–Kier alpha value is -3.06. The number of aryl methyl sites for hydroxylation is 2. The molecule has 0 radical (unpaired) electrons. The minimum absolute atomic E-state index is 0.0342. The predicted molar refractivity (Wildman–Crippen MR) is 127 cm³/mol. The highest BCUT2D eigenvalue weighted by Gasteiger charge is 2.38. The number of H-pyrrole nitrogens is 1. The Morgan fingerprint density at radius 3 is 2.30 bits per heavy atom. The van der Waals surface area contributed by atoms with Crippen LogP contribution in [0.5, 0.6) is 0 Å². The summed E-state index contributed by atoms with van der Waals surface area (Å²) in [6, 6.07) is 2.90. The first kappa shape index (κ1) is 24.6. The number of aromatic amines is 1. The molecule has 6 nitrogen and oxygen atoms in total. The van der Waals surface area contributed by atoms with Crippen LogP contribution in [0.4, 0.5) is 4.39 Å². The molecular weight excluding hydrogens is 423 g/mol. The van der Waals surface area contributed by atoms with Crippen LogP contribution in [0.3, 0.4) is 0 Å². The maximum atomic E-state index is 14.6. The van der Waals surface area contributed by atoms with E-state index in [0.29, 0.717) is 22.5 Å². The van der Waals surface area contributed by atoms with Crippen LogP contribution in [0.2, 0.25) is 0 Å². The normalized spacial score (nSPS) is 14.4. The SMILES string of the molecule is CC.CC[C@@](O)(C(=O)O)c1cc(-c2nc3cc(F)c(C)c4c3c(c2C)CCC4)[nH]c(=O)c1C. The van der Waals surface area contributed by atoms with Crippen LogP contribution in [0.1, 0.15) is 67.0 Å². The predicted octanol–water partition coefficient (Wildman–Crippen LogP) is 4.85. The second-order valence-electron chi connectivity index (χ2n) is 8.34. The van der Waals surface area contributed by atoms with Crippen LogP contribution in [0, 0.1) is 26.6 Å². The fourth-order valence-corrected chi connectivity index (χ4v) is 4.72. The molecule has 4 rings (SSSR count). The fourth-order valence-electron chi connectivity index (χ4n) is 4.72. The minimum Gasteiger partial charge on any atom is -0.479 e. The number of carboxylic acid groups (broad SMARTS) is 1. The summed E-state index contributed by atoms with van der Waals surface area (Å²) in [5, 5.41) is 21.4. The molecule has 3 aromatic rings. The number of pyridine rings is 2. The summed E-state index contributed by atoms with van der Waals surface area (Å²) < 4.78 is 14.6. The summed E-state index contributed by atoms with van der Waals surface area (Å²) in [4.78, 5) is 31.9. The van der Waals surface area contributed by atoms with Crippen molar-refractivity contribution in [2.45, 2.75) is 72.8 Å². The summed E-state index contributed by atoms with van der Waals surface area (Å²) in [6.07, 6.45) is 2.39. The van der Waals surface area contributed by atoms with E-state index in [2.05, 4.69) is 9.97 Å². The Bertz CT molecular complexity index is 1310. The number of aliphatic hydroxyl groups is 1. The number of nitrogens with zero attached hydrogens (tertiary/aromatic N) is 1. The second kappa shape index (κ2) is 9.06. The molecule has 0 saturated heterocycles. The first-order valence-electron chi connectivity index (χ1n) is 11.4. The molecule has 0 amide bonds. The summed E-state index contributed by atoms with van der Waals surface area (Å²) in [5.41, 5.74) is 2.31. The van der Waals surface area contributed by atoms with Crippen molar-refractivity contribution in [1.29, 1.82) is 0 Å². The minimum atomic E-state index is -2.19. The monoisotopic (exact) mass is 454 g/mol. The second-order valence-corrected chi connectivity index (χ2v) is 8.34. The van der Waals surface area contributed by atoms with Gasteiger partial charge in [0, 0.05) is 22.6 Å². The van der Waals surface area contributed by atoms with Gasteiger partial charge in [-0.2, -0.15) is 0 Å². The van der Waals surface area contributed by atoms with Gasteiger partial charge in [0.1, 0.15) is 5.82 Å². The Balaban J connectivity index is 0.00000149. The maximum Gasteiger partial charge on any atom is 0.340 e. The molecule has 33 heavy (non-hydrogen) atoms. The summed E-state index contributed by atoms with van der Waals surface area (Å²) in [6.45, 7) is 10.7. The third-order valence-corrected chi connectivity index (χ3v) is 6.68. The van der Waals surface area contributed by atoms with Gasteiger partial charge in [-0.05, 0) is 74.8 Å². The fraction of sp³-hybridized carbons (Fsp3) is 0.423. The van der Waals surface area contributed by atoms with E-state index in [0.717, 1.165) is 41.3 Å². The van der Waals surface area contributed by atoms with E-state index in [4.69, 9.17) is 0 Å². The Morgan fingerprint density at radius 2 is 1.73 bits per heavy atom. The molecule has 1 aliphatic rings. The van der Waals surface area contributed by atoms with Crippen LogP contribution >= 0.6 is 0 Å². The number of nitrogens with one attached hydrogen (secondary N) is 1. The molecule has 0 saturated carbocycles. The van der Waals surface area contributed by atoms with E-state index in [-0.39, 0.29) is 23.4 Å². The van der Waals surface area contributed by atoms with E-state index in [1.54, 1.807) is 13.8 Å². The molecule has 2 aromatic heterocycles. The average molecular weight is 455 g/mol. The average Bonchev–Trinajstić information content (AvgIpc) is 2.81. The van der Waals surface area contributed by atoms with Crippen molar-refractivity contribution >= 4 is 16.9 Å². The van der Waals surface area contributed by atoms with Gasteiger partial charge in [0.15, 0.2) is 5.60 Å². The standard InChI is InChI=1S/C24H25FN2O4.C2H6/c1-5-24(31,23(29)30)16-9-19(27-22(28)13(16)4)21-12(3)15-8-6-7-14-11(2)17(25)10-18(26-21)20(14)15;1-2/h9-10,31H,5-8H2,1-4H3,(H,27,28)(H,29,30);1-2H3/t24-;/m0./s1. The van der Waals surface area contributed by atoms with Crippen molar-refractivity contribution in [3.05, 3.63) is 61.7 Å². The van der Waals surface area contributed by atoms with Crippen molar-refractivity contribution < 1.29 is 19.4 Å². The molecular formula is C26H31FN2O4. The Morgan fingerprint density at radius 1 is 1.12 bits per heavy atom. The van der Waals surface area contributed by atoms with Crippen molar-refractivity contribution in [1.82, 2.24) is 9.97 Å². The highest BCUT2D eigenvalue weighted by molar-refractivity contribution is 5.91. The third kappa shape index (κ3) is 3.84. The first-order valence-corrected chi connectivity index (χ1v) is 11.4. The molecule has 1 aromatic carbocycles. The topological polar surface area (TPSA) is 103 Å². The number of hydrogen-bond acceptors (Lipinski definition) is 4. The molecule has 0 bridgehead atoms. The lowest BCUT2D eigenvalue weighted by Crippen LogP contribution is -2.37. The molecule has 176 valence electrons. The molecule has 7 heteroatoms. The molecule has 1 atom stereocenters. The zero-order valence-corrected chi connectivity index (χ0v) is 20.0. The van der Waals surface area contributed by atoms with Crippen LogP contribution in [-0.4, -0.2) is 26.2 Å². The van der Waals surface area contributed by atoms with Crippen LogP contribution in [0.25, 0.3) is 22.3 Å². The van der Waals surface area contributed by atoms with Gasteiger partial charge in [0.25, 0.3) is 5.56 Å². The number of carbonyl (C=O) groups is 1. The van der Waals surface area contributed by atoms with E-state index in [1.807, 2.05) is 20.8 Å². The number of rotatable bonds is 4. The van der Waals surface area contributed by atoms with Crippen molar-refractivity contribution in [3.63, 3.8) is 0 Å². The van der Waals surface area contributed by atoms with E-state index in [1.165, 1.54) is 19.1 Å². The number of aliphatic carboxylic acids is 1. The molecule has 2 heterocycles. The first-order chi connectivity index (χ1) is 15.6. The highest BCUT2D eigenvalue weighted by atomic mass is 19.1. The van der Waals surface area contributed by atoms with Gasteiger partial charge in [0.05, 0.1) is 16.9 Å². The molecule has 0 aliphatic heterocycles. The lowest BCUT2D eigenvalue weighted by atomic mass is 9.84. The highest BCUT2D eigenvalue weighted by Crippen LogP contribution is 2.38. The molecule has 0 fully saturated rings. The number of carboxylic acids is 1. The molecule has 0 spiro atoms. The van der Waals surface area contributed by atoms with Gasteiger partial charge in [-0.1, -0.05) is 20.8 Å². The Labute approximate surface area is 192 Å². The van der Waals surface area contributed by atoms with Gasteiger partial charge < -0.3 is 15.2 Å². The summed E-state index contributed by atoms with van der Waals surface area (Å²) in [7, 11) is 0. The molecule has 3 N–H and O–H groups in total. The maximum absolute atomic E-state index is 14.6. The Kier molecular flexibility index (Phi) is 6.75. The molecule has 0 unspecified atom stereocenters. The largest absolute Gasteiger partial charge is 0.479 e. The number of benzene rings is 1. The van der Waals surface area contributed by atoms with Gasteiger partial charge in [-0.15, -0.1) is 0 Å². The van der Waals surface area contributed by atoms with Crippen molar-refractivity contribution in [3.8, 4) is 11.4 Å². The van der Waals surface area contributed by atoms with E-state index >= 15 is 0 Å². The quantitative estimate of drug-likeness (QED) is 0.523. The smallest absolute Gasteiger partial charge is 0.340 e. The van der Waals surface area contributed by atoms with Gasteiger partial charge in [-0.25, -0.2) is 14.2 Å². The summed E-state index contributed by atoms with van der Waals surface area (Å²) in [5.74, 6) is -1.74. The van der Waals surface area contributed by atoms with Crippen LogP contribution < -0.4 is 5.56 Å². The summed E-state index contributed by atoms with van der Waals surface area (Å²) >= 11 is 0. The molecule has 1 aliphatic carbocycles. The van der Waals surface area contributed by atoms with E-state index < -0.39 is 17.1 Å². The zero-order chi connectivity index (χ0) is 24.7. The van der Waals surface area contributed by atoms with E-state index in [9.17, 15) is 24.2 Å². The van der Waals surface area contributed by atoms with Crippen LogP contribution in [-0.2, 0) is 23.2 Å². The number of halogens is 1. The number of aromatic nitrogens is 2. The lowest BCUT2D eigenvalue weighted by molar-refractivity contribution is -0.160. The third-order valence-electron chi connectivity index (χ3n) is 6.68. The zero-order valence-electron chi connectivity index (χ0n) is 20.0. The van der Waals surface area contributed by atoms with Gasteiger partial charge >= 0.3 is 5.97 Å². The van der Waals surface area contributed by atoms with Gasteiger partial charge in [0.2, 0.25) is 0 Å². The van der Waals surface area contributed by atoms with Crippen molar-refractivity contribution in [2.24, 2.45) is 0 Å². The number of hydrogen-bond donors (Lipinski definition) is 3. The van der Waals surface area contributed by atoms with Gasteiger partial charge in [-0.3, -0.25) is 4.79 Å². The lowest BCUT2D eigenvalue weighted by Gasteiger charge is -2.25.